The molecule has 0 radical (unpaired) electrons. The molecule has 0 saturated heterocycles. The van der Waals surface area contributed by atoms with Crippen molar-refractivity contribution in [3.05, 3.63) is 134 Å². The lowest BCUT2D eigenvalue weighted by atomic mass is 10.1. The fourth-order valence-electron chi connectivity index (χ4n) is 9.41. The Morgan fingerprint density at radius 3 is 0.783 bits per heavy atom. The van der Waals surface area contributed by atoms with E-state index in [4.69, 9.17) is 14.2 Å². The quantitative estimate of drug-likeness (QED) is 0.0261. The molecule has 0 heterocycles. The highest BCUT2D eigenvalue weighted by molar-refractivity contribution is 5.71. The smallest absolute Gasteiger partial charge is 0.306 e. The van der Waals surface area contributed by atoms with Crippen molar-refractivity contribution in [1.82, 2.24) is 0 Å². The van der Waals surface area contributed by atoms with E-state index in [1.807, 2.05) is 0 Å². The van der Waals surface area contributed by atoms with Gasteiger partial charge in [0.2, 0.25) is 0 Å². The Bertz CT molecular complexity index is 1750. The molecule has 6 heteroatoms. The van der Waals surface area contributed by atoms with Crippen molar-refractivity contribution < 1.29 is 28.6 Å². The molecule has 83 heavy (non-hydrogen) atoms. The van der Waals surface area contributed by atoms with Gasteiger partial charge in [-0.15, -0.1) is 0 Å². The SMILES string of the molecule is CC/C=C\C/C=C\C/C=C\C/C=C\C/C=C\C/C=C\C/C=C\C/C=C\CCCCCCCCCCC(=O)OCC(COC(=O)CCCCCCC/C=C\C/C=C\CCCC)OC(=O)CCCCCCCCC/C=C\CCCCCCCCC. The number of ether oxygens (including phenoxy) is 3. The van der Waals surface area contributed by atoms with Crippen LogP contribution in [0.2, 0.25) is 0 Å². The van der Waals surface area contributed by atoms with E-state index in [1.54, 1.807) is 0 Å². The van der Waals surface area contributed by atoms with Gasteiger partial charge in [0.15, 0.2) is 6.10 Å². The molecular weight excluding hydrogens is 1020 g/mol. The highest BCUT2D eigenvalue weighted by atomic mass is 16.6. The largest absolute Gasteiger partial charge is 0.462 e. The average molecular weight is 1150 g/mol. The molecule has 0 amide bonds. The van der Waals surface area contributed by atoms with Crippen LogP contribution in [0.25, 0.3) is 0 Å². The minimum atomic E-state index is -0.795. The van der Waals surface area contributed by atoms with Crippen LogP contribution in [0.3, 0.4) is 0 Å². The molecule has 0 rings (SSSR count). The number of hydrogen-bond acceptors (Lipinski definition) is 6. The van der Waals surface area contributed by atoms with Crippen LogP contribution in [-0.4, -0.2) is 37.2 Å². The molecular formula is C77H128O6. The maximum atomic E-state index is 12.9. The van der Waals surface area contributed by atoms with Crippen LogP contribution in [0.1, 0.15) is 316 Å². The molecule has 0 aromatic rings. The maximum absolute atomic E-state index is 12.9. The Morgan fingerprint density at radius 2 is 0.482 bits per heavy atom. The first-order valence-corrected chi connectivity index (χ1v) is 34.7. The van der Waals surface area contributed by atoms with Crippen LogP contribution in [0.5, 0.6) is 0 Å². The zero-order chi connectivity index (χ0) is 59.9. The first-order valence-electron chi connectivity index (χ1n) is 34.7. The summed E-state index contributed by atoms with van der Waals surface area (Å²) in [4.78, 5) is 38.4. The van der Waals surface area contributed by atoms with Crippen molar-refractivity contribution in [2.24, 2.45) is 0 Å². The molecule has 0 aromatic heterocycles. The van der Waals surface area contributed by atoms with E-state index in [0.29, 0.717) is 19.3 Å². The minimum Gasteiger partial charge on any atom is -0.462 e. The Hall–Kier alpha value is -4.45. The molecule has 0 aromatic carbocycles. The van der Waals surface area contributed by atoms with E-state index in [-0.39, 0.29) is 31.1 Å². The summed E-state index contributed by atoms with van der Waals surface area (Å²) in [5.74, 6) is -0.910. The van der Waals surface area contributed by atoms with E-state index in [2.05, 4.69) is 154 Å². The second-order valence-electron chi connectivity index (χ2n) is 22.7. The molecule has 0 spiro atoms. The van der Waals surface area contributed by atoms with Crippen LogP contribution in [-0.2, 0) is 28.6 Å². The number of hydrogen-bond donors (Lipinski definition) is 0. The standard InChI is InChI=1S/C77H128O6/c1-4-7-10-13-16-19-22-25-28-30-32-33-34-35-36-37-38-39-40-41-42-43-44-45-46-48-49-52-55-58-61-64-67-70-76(79)82-73-74(72-81-75(78)69-66-63-60-57-54-51-27-24-21-18-15-12-9-6-3)83-77(80)71-68-65-62-59-56-53-50-47-31-29-26-23-20-17-14-11-8-5-2/h7,10,15-16,18-19,24-25,27-29,31-33,35-36,38-39,41-42,44-45,74H,4-6,8-9,11-14,17,20-23,26,30,34,37,40,43,46-73H2,1-3H3/b10-7-,18-15-,19-16-,27-24-,28-25-,31-29-,33-32-,36-35-,39-38-,42-41-,45-44-. The van der Waals surface area contributed by atoms with Gasteiger partial charge in [0.1, 0.15) is 13.2 Å². The molecule has 0 saturated carbocycles. The molecule has 0 bridgehead atoms. The number of carbonyl (C=O) groups excluding carboxylic acids is 3. The highest BCUT2D eigenvalue weighted by Crippen LogP contribution is 2.16. The number of rotatable bonds is 62. The molecule has 472 valence electrons. The number of unbranched alkanes of at least 4 members (excludes halogenated alkanes) is 29. The Morgan fingerprint density at radius 1 is 0.253 bits per heavy atom. The lowest BCUT2D eigenvalue weighted by molar-refractivity contribution is -0.167. The van der Waals surface area contributed by atoms with Gasteiger partial charge >= 0.3 is 17.9 Å². The maximum Gasteiger partial charge on any atom is 0.306 e. The zero-order valence-electron chi connectivity index (χ0n) is 54.2. The van der Waals surface area contributed by atoms with Gasteiger partial charge in [-0.05, 0) is 135 Å². The summed E-state index contributed by atoms with van der Waals surface area (Å²) >= 11 is 0. The van der Waals surface area contributed by atoms with E-state index in [0.717, 1.165) is 141 Å². The third-order valence-corrected chi connectivity index (χ3v) is 14.6. The molecule has 6 nitrogen and oxygen atoms in total. The third kappa shape index (κ3) is 68.2. The Balaban J connectivity index is 4.32. The monoisotopic (exact) mass is 1150 g/mol. The summed E-state index contributed by atoms with van der Waals surface area (Å²) in [6.45, 7) is 6.48. The zero-order valence-corrected chi connectivity index (χ0v) is 54.2. The van der Waals surface area contributed by atoms with Gasteiger partial charge in [0.05, 0.1) is 0 Å². The van der Waals surface area contributed by atoms with E-state index < -0.39 is 6.10 Å². The first kappa shape index (κ1) is 78.5. The van der Waals surface area contributed by atoms with Gasteiger partial charge in [-0.2, -0.15) is 0 Å². The van der Waals surface area contributed by atoms with Gasteiger partial charge < -0.3 is 14.2 Å². The van der Waals surface area contributed by atoms with Crippen molar-refractivity contribution in [2.75, 3.05) is 13.2 Å². The molecule has 0 fully saturated rings. The predicted octanol–water partition coefficient (Wildman–Crippen LogP) is 24.1. The van der Waals surface area contributed by atoms with Crippen molar-refractivity contribution >= 4 is 17.9 Å². The summed E-state index contributed by atoms with van der Waals surface area (Å²) in [5.41, 5.74) is 0. The number of allylic oxidation sites excluding steroid dienone is 22. The second kappa shape index (κ2) is 70.0. The molecule has 0 aliphatic carbocycles. The van der Waals surface area contributed by atoms with Crippen molar-refractivity contribution in [1.29, 1.82) is 0 Å². The van der Waals surface area contributed by atoms with Crippen LogP contribution in [0, 0.1) is 0 Å². The normalized spacial score (nSPS) is 13.0. The van der Waals surface area contributed by atoms with E-state index in [9.17, 15) is 14.4 Å². The average Bonchev–Trinajstić information content (AvgIpc) is 3.49. The summed E-state index contributed by atoms with van der Waals surface area (Å²) in [5, 5.41) is 0. The van der Waals surface area contributed by atoms with Crippen LogP contribution >= 0.6 is 0 Å². The minimum absolute atomic E-state index is 0.0906. The molecule has 0 aliphatic rings. The van der Waals surface area contributed by atoms with Crippen molar-refractivity contribution in [3.63, 3.8) is 0 Å². The number of carbonyl (C=O) groups is 3. The Kier molecular flexibility index (Phi) is 66.3. The summed E-state index contributed by atoms with van der Waals surface area (Å²) in [6, 6.07) is 0. The van der Waals surface area contributed by atoms with Gasteiger partial charge in [-0.3, -0.25) is 14.4 Å². The fraction of sp³-hybridized carbons (Fsp3) is 0.675. The number of esters is 3. The summed E-state index contributed by atoms with van der Waals surface area (Å²) in [7, 11) is 0. The lowest BCUT2D eigenvalue weighted by Crippen LogP contribution is -2.30. The molecule has 1 unspecified atom stereocenters. The summed E-state index contributed by atoms with van der Waals surface area (Å²) in [6.07, 6.45) is 98.9. The van der Waals surface area contributed by atoms with Crippen LogP contribution in [0.15, 0.2) is 134 Å². The first-order chi connectivity index (χ1) is 41.0. The molecule has 0 aliphatic heterocycles. The van der Waals surface area contributed by atoms with Gasteiger partial charge in [0, 0.05) is 19.3 Å². The third-order valence-electron chi connectivity index (χ3n) is 14.6. The highest BCUT2D eigenvalue weighted by Gasteiger charge is 2.19. The van der Waals surface area contributed by atoms with Crippen LogP contribution < -0.4 is 0 Å². The second-order valence-corrected chi connectivity index (χ2v) is 22.7. The Labute approximate surface area is 513 Å². The van der Waals surface area contributed by atoms with Crippen LogP contribution in [0.4, 0.5) is 0 Å². The van der Waals surface area contributed by atoms with Gasteiger partial charge in [0.25, 0.3) is 0 Å². The van der Waals surface area contributed by atoms with E-state index in [1.165, 1.54) is 135 Å². The van der Waals surface area contributed by atoms with Gasteiger partial charge in [-0.25, -0.2) is 0 Å². The topological polar surface area (TPSA) is 78.9 Å². The molecule has 1 atom stereocenters. The van der Waals surface area contributed by atoms with Gasteiger partial charge in [-0.1, -0.05) is 296 Å². The van der Waals surface area contributed by atoms with E-state index >= 15 is 0 Å². The van der Waals surface area contributed by atoms with Crippen molar-refractivity contribution in [2.45, 2.75) is 322 Å². The predicted molar refractivity (Wildman–Crippen MR) is 362 cm³/mol. The summed E-state index contributed by atoms with van der Waals surface area (Å²) < 4.78 is 16.9. The van der Waals surface area contributed by atoms with Crippen molar-refractivity contribution in [3.8, 4) is 0 Å². The molecule has 0 N–H and O–H groups in total. The lowest BCUT2D eigenvalue weighted by Gasteiger charge is -2.18. The fourth-order valence-corrected chi connectivity index (χ4v) is 9.41.